The molecule has 6 N–H and O–H groups in total. The van der Waals surface area contributed by atoms with E-state index in [4.69, 9.17) is 0 Å². The first-order chi connectivity index (χ1) is 27.6. The quantitative estimate of drug-likeness (QED) is 0.0976. The van der Waals surface area contributed by atoms with Crippen LogP contribution in [0.3, 0.4) is 0 Å². The molecular weight excluding hydrogens is 712 g/mol. The molecule has 282 valence electrons. The third-order valence-electron chi connectivity index (χ3n) is 12.1. The Morgan fingerprint density at radius 2 is 1.09 bits per heavy atom. The lowest BCUT2D eigenvalue weighted by Crippen LogP contribution is -2.61. The second kappa shape index (κ2) is 15.6. The van der Waals surface area contributed by atoms with E-state index in [0.29, 0.717) is 11.1 Å². The van der Waals surface area contributed by atoms with Gasteiger partial charge >= 0.3 is 0 Å². The highest BCUT2D eigenvalue weighted by Gasteiger charge is 2.37. The Bertz CT molecular complexity index is 2310. The molecule has 2 aliphatic carbocycles. The predicted molar refractivity (Wildman–Crippen MR) is 225 cm³/mol. The summed E-state index contributed by atoms with van der Waals surface area (Å²) in [5, 5.41) is 24.2. The lowest BCUT2D eigenvalue weighted by atomic mass is 9.81. The molecule has 0 spiro atoms. The zero-order chi connectivity index (χ0) is 37.4. The Morgan fingerprint density at radius 3 is 1.70 bits per heavy atom. The van der Waals surface area contributed by atoms with E-state index >= 15 is 4.39 Å². The van der Waals surface area contributed by atoms with E-state index in [1.165, 1.54) is 26.1 Å². The Balaban J connectivity index is 1.08. The molecule has 10 rings (SSSR count). The molecule has 2 saturated heterocycles. The zero-order valence-corrected chi connectivity index (χ0v) is 32.0. The van der Waals surface area contributed by atoms with Crippen molar-refractivity contribution < 1.29 is 4.39 Å². The van der Waals surface area contributed by atoms with Gasteiger partial charge in [-0.2, -0.15) is 0 Å². The molecule has 8 heteroatoms. The molecule has 3 heterocycles. The monoisotopic (exact) mass is 758 g/mol. The molecule has 56 heavy (non-hydrogen) atoms. The van der Waals surface area contributed by atoms with E-state index in [0.717, 1.165) is 42.4 Å². The first kappa shape index (κ1) is 35.6. The van der Waals surface area contributed by atoms with Crippen LogP contribution in [0.5, 0.6) is 0 Å². The number of fused-ring (bicyclic) bond motifs is 3. The number of thiophene rings is 1. The van der Waals surface area contributed by atoms with Crippen LogP contribution in [0.2, 0.25) is 0 Å². The second-order valence-corrected chi connectivity index (χ2v) is 16.7. The molecule has 2 fully saturated rings. The Hall–Kier alpha value is -4.77. The summed E-state index contributed by atoms with van der Waals surface area (Å²) in [5.74, 6) is 0.272. The van der Waals surface area contributed by atoms with Crippen molar-refractivity contribution in [3.8, 4) is 0 Å². The van der Waals surface area contributed by atoms with Crippen LogP contribution in [0, 0.1) is 11.7 Å². The highest BCUT2D eigenvalue weighted by atomic mass is 32.1. The molecule has 5 aromatic carbocycles. The molecule has 6 aromatic rings. The predicted octanol–water partition coefficient (Wildman–Crippen LogP) is 9.43. The van der Waals surface area contributed by atoms with E-state index in [-0.39, 0.29) is 42.3 Å². The molecule has 0 bridgehead atoms. The molecular formula is C48H47FN6S. The number of hydrogen-bond acceptors (Lipinski definition) is 7. The Kier molecular flexibility index (Phi) is 9.95. The van der Waals surface area contributed by atoms with Crippen LogP contribution in [-0.2, 0) is 12.8 Å². The number of halogens is 1. The maximum atomic E-state index is 17.9. The highest BCUT2D eigenvalue weighted by molar-refractivity contribution is 7.19. The van der Waals surface area contributed by atoms with E-state index in [2.05, 4.69) is 165 Å². The van der Waals surface area contributed by atoms with Crippen molar-refractivity contribution in [2.45, 2.75) is 68.6 Å². The smallest absolute Gasteiger partial charge is 0.135 e. The summed E-state index contributed by atoms with van der Waals surface area (Å²) >= 11 is 1.94. The summed E-state index contributed by atoms with van der Waals surface area (Å²) in [5.41, 5.74) is 7.26. The minimum Gasteiger partial charge on any atom is -0.282 e. The fourth-order valence-electron chi connectivity index (χ4n) is 9.14. The number of allylic oxidation sites excluding steroid dienone is 3. The summed E-state index contributed by atoms with van der Waals surface area (Å²) in [7, 11) is 0. The van der Waals surface area contributed by atoms with Gasteiger partial charge in [-0.25, -0.2) is 4.39 Å². The minimum atomic E-state index is -0.472. The molecule has 1 aromatic heterocycles. The van der Waals surface area contributed by atoms with Crippen LogP contribution in [0.4, 0.5) is 4.39 Å². The van der Waals surface area contributed by atoms with Gasteiger partial charge in [0.15, 0.2) is 0 Å². The standard InChI is InChI=1S/C48H47FN6S/c49-42-38(47-52-43(30-15-5-1-6-16-30)50-44(53-47)31-17-7-2-8-18-31)28-35(34-25-26-41-37(27-34)36-23-13-14-24-40(36)56-41)29-39(42)48-54-45(32-19-9-3-10-20-32)51-46(55-48)33-21-11-4-12-22-33/h1-21,23-24,28-29,33-34,43-48,50-55H,22,25-27H2. The second-order valence-electron chi connectivity index (χ2n) is 15.5. The average Bonchev–Trinajstić information content (AvgIpc) is 3.65. The summed E-state index contributed by atoms with van der Waals surface area (Å²) in [4.78, 5) is 1.49. The van der Waals surface area contributed by atoms with Gasteiger partial charge in [0.25, 0.3) is 0 Å². The van der Waals surface area contributed by atoms with Crippen molar-refractivity contribution in [2.75, 3.05) is 0 Å². The number of hydrogen-bond donors (Lipinski definition) is 6. The summed E-state index contributed by atoms with van der Waals surface area (Å²) < 4.78 is 19.3. The number of nitrogens with one attached hydrogen (secondary N) is 6. The highest BCUT2D eigenvalue weighted by Crippen LogP contribution is 2.43. The van der Waals surface area contributed by atoms with Gasteiger partial charge in [0.05, 0.1) is 37.0 Å². The van der Waals surface area contributed by atoms with Crippen LogP contribution in [0.1, 0.15) is 93.4 Å². The largest absolute Gasteiger partial charge is 0.282 e. The van der Waals surface area contributed by atoms with E-state index in [1.807, 2.05) is 29.5 Å². The van der Waals surface area contributed by atoms with Crippen LogP contribution in [0.25, 0.3) is 10.1 Å². The van der Waals surface area contributed by atoms with Crippen LogP contribution >= 0.6 is 11.3 Å². The summed E-state index contributed by atoms with van der Waals surface area (Å²) in [6, 6.07) is 44.4. The topological polar surface area (TPSA) is 72.2 Å². The molecule has 0 saturated carbocycles. The van der Waals surface area contributed by atoms with Gasteiger partial charge in [-0.1, -0.05) is 133 Å². The maximum Gasteiger partial charge on any atom is 0.135 e. The van der Waals surface area contributed by atoms with Crippen molar-refractivity contribution in [1.29, 1.82) is 0 Å². The molecule has 0 amide bonds. The van der Waals surface area contributed by atoms with Crippen molar-refractivity contribution in [2.24, 2.45) is 5.92 Å². The number of benzene rings is 5. The van der Waals surface area contributed by atoms with Gasteiger partial charge in [0, 0.05) is 26.6 Å². The van der Waals surface area contributed by atoms with Crippen LogP contribution < -0.4 is 31.9 Å². The van der Waals surface area contributed by atoms with Gasteiger partial charge in [0.1, 0.15) is 5.82 Å². The fourth-order valence-corrected chi connectivity index (χ4v) is 10.4. The van der Waals surface area contributed by atoms with Gasteiger partial charge in [-0.15, -0.1) is 11.3 Å². The first-order valence-electron chi connectivity index (χ1n) is 20.0. The van der Waals surface area contributed by atoms with E-state index < -0.39 is 12.3 Å². The van der Waals surface area contributed by atoms with Crippen molar-refractivity contribution in [3.05, 3.63) is 201 Å². The minimum absolute atomic E-state index is 0.0753. The third-order valence-corrected chi connectivity index (χ3v) is 13.3. The SMILES string of the molecule is Fc1c(C2NC(c3ccccc3)NC(c3ccccc3)N2)cc(C2CCc3sc4ccccc4c3C2)cc1C1NC(c2ccccc2)NC(C2C=CC=CC2)N1. The summed E-state index contributed by atoms with van der Waals surface area (Å²) in [6.07, 6.45) is 11.0. The fraction of sp³-hybridized carbons (Fsp3) is 0.250. The number of aryl methyl sites for hydroxylation is 1. The lowest BCUT2D eigenvalue weighted by Gasteiger charge is -2.43. The van der Waals surface area contributed by atoms with Crippen LogP contribution in [-0.4, -0.2) is 6.17 Å². The number of rotatable bonds is 7. The van der Waals surface area contributed by atoms with Crippen molar-refractivity contribution in [3.63, 3.8) is 0 Å². The molecule has 7 atom stereocenters. The normalized spacial score (nSPS) is 27.6. The van der Waals surface area contributed by atoms with Crippen LogP contribution in [0.15, 0.2) is 152 Å². The Morgan fingerprint density at radius 1 is 0.554 bits per heavy atom. The summed E-state index contributed by atoms with van der Waals surface area (Å²) in [6.45, 7) is 0. The maximum absolute atomic E-state index is 17.9. The van der Waals surface area contributed by atoms with Gasteiger partial charge < -0.3 is 0 Å². The molecule has 4 aliphatic rings. The first-order valence-corrected chi connectivity index (χ1v) is 20.8. The van der Waals surface area contributed by atoms with Gasteiger partial charge in [-0.3, -0.25) is 31.9 Å². The lowest BCUT2D eigenvalue weighted by molar-refractivity contribution is 0.167. The van der Waals surface area contributed by atoms with E-state index in [9.17, 15) is 0 Å². The molecule has 7 unspecified atom stereocenters. The van der Waals surface area contributed by atoms with Gasteiger partial charge in [0.2, 0.25) is 0 Å². The van der Waals surface area contributed by atoms with E-state index in [1.54, 1.807) is 0 Å². The van der Waals surface area contributed by atoms with Crippen molar-refractivity contribution in [1.82, 2.24) is 31.9 Å². The average molecular weight is 759 g/mol. The van der Waals surface area contributed by atoms with Crippen molar-refractivity contribution >= 4 is 21.4 Å². The van der Waals surface area contributed by atoms with Gasteiger partial charge in [-0.05, 0) is 83.0 Å². The molecule has 6 nitrogen and oxygen atoms in total. The Labute approximate surface area is 332 Å². The zero-order valence-electron chi connectivity index (χ0n) is 31.2. The molecule has 0 radical (unpaired) electrons. The third kappa shape index (κ3) is 7.07. The molecule has 2 aliphatic heterocycles.